The van der Waals surface area contributed by atoms with Gasteiger partial charge in [0.2, 0.25) is 0 Å². The zero-order chi connectivity index (χ0) is 15.9. The van der Waals surface area contributed by atoms with Crippen LogP contribution in [0, 0.1) is 0 Å². The molecule has 1 N–H and O–H groups in total. The van der Waals surface area contributed by atoms with E-state index in [2.05, 4.69) is 0 Å². The molecular weight excluding hydrogens is 295 g/mol. The lowest BCUT2D eigenvalue weighted by Crippen LogP contribution is -2.54. The Morgan fingerprint density at radius 1 is 0.700 bits per heavy atom. The molecule has 0 bridgehead atoms. The van der Waals surface area contributed by atoms with Gasteiger partial charge in [0, 0.05) is 12.2 Å². The Morgan fingerprint density at radius 3 is 1.30 bits per heavy atom. The smallest absolute Gasteiger partial charge is 0.618 e. The van der Waals surface area contributed by atoms with Crippen LogP contribution in [0.1, 0.15) is 55.4 Å². The summed E-state index contributed by atoms with van der Waals surface area (Å²) in [7, 11) is -3.76. The van der Waals surface area contributed by atoms with Gasteiger partial charge in [-0.15, -0.1) is 0 Å². The van der Waals surface area contributed by atoms with Crippen molar-refractivity contribution in [1.29, 1.82) is 0 Å². The molecule has 8 heteroatoms. The van der Waals surface area contributed by atoms with E-state index in [0.717, 1.165) is 0 Å². The molecule has 0 spiro atoms. The van der Waals surface area contributed by atoms with Gasteiger partial charge >= 0.3 is 24.2 Å². The molecule has 20 heavy (non-hydrogen) atoms. The van der Waals surface area contributed by atoms with E-state index in [4.69, 9.17) is 19.9 Å². The van der Waals surface area contributed by atoms with Crippen LogP contribution in [0.15, 0.2) is 0 Å². The SMILES string of the molecule is CC(C)[O][Al-]([O]C(C)C)[O][Si](O)(OC(C)C)OC(C)C. The molecule has 0 rings (SSSR count). The van der Waals surface area contributed by atoms with Crippen LogP contribution in [0.25, 0.3) is 0 Å². The third-order valence-corrected chi connectivity index (χ3v) is 6.81. The van der Waals surface area contributed by atoms with Crippen molar-refractivity contribution >= 4 is 24.2 Å². The minimum absolute atomic E-state index is 0.0539. The summed E-state index contributed by atoms with van der Waals surface area (Å²) >= 11 is -2.53. The Kier molecular flexibility index (Phi) is 9.75. The van der Waals surface area contributed by atoms with E-state index >= 15 is 0 Å². The van der Waals surface area contributed by atoms with Gasteiger partial charge in [-0.05, 0) is 67.6 Å². The molecular formula is C12H29AlO6Si-. The van der Waals surface area contributed by atoms with Crippen LogP contribution in [0.3, 0.4) is 0 Å². The van der Waals surface area contributed by atoms with E-state index in [1.807, 2.05) is 55.4 Å². The Morgan fingerprint density at radius 2 is 1.05 bits per heavy atom. The molecule has 0 aliphatic heterocycles. The quantitative estimate of drug-likeness (QED) is 0.621. The second-order valence-corrected chi connectivity index (χ2v) is 9.22. The maximum absolute atomic E-state index is 10.5. The highest BCUT2D eigenvalue weighted by Crippen LogP contribution is 2.15. The first-order valence-electron chi connectivity index (χ1n) is 7.10. The Hall–Kier alpha value is 0.509. The van der Waals surface area contributed by atoms with Crippen LogP contribution in [-0.4, -0.2) is 53.4 Å². The Bertz CT molecular complexity index is 242. The molecule has 0 aliphatic carbocycles. The molecule has 0 saturated carbocycles. The van der Waals surface area contributed by atoms with E-state index in [1.165, 1.54) is 0 Å². The van der Waals surface area contributed by atoms with E-state index < -0.39 is 24.2 Å². The summed E-state index contributed by atoms with van der Waals surface area (Å²) in [5.41, 5.74) is 0. The Labute approximate surface area is 129 Å². The van der Waals surface area contributed by atoms with E-state index in [0.29, 0.717) is 0 Å². The third kappa shape index (κ3) is 10.3. The van der Waals surface area contributed by atoms with Gasteiger partial charge in [-0.3, -0.25) is 0 Å². The summed E-state index contributed by atoms with van der Waals surface area (Å²) in [6.45, 7) is 14.8. The van der Waals surface area contributed by atoms with Gasteiger partial charge in [0.1, 0.15) is 0 Å². The first-order chi connectivity index (χ1) is 9.04. The normalized spacial score (nSPS) is 13.5. The monoisotopic (exact) mass is 324 g/mol. The number of rotatable bonds is 10. The number of hydrogen-bond acceptors (Lipinski definition) is 6. The minimum Gasteiger partial charge on any atom is -0.632 e. The van der Waals surface area contributed by atoms with Gasteiger partial charge < -0.3 is 24.7 Å². The van der Waals surface area contributed by atoms with Gasteiger partial charge in [0.05, 0.1) is 0 Å². The first kappa shape index (κ1) is 20.5. The molecule has 0 fully saturated rings. The molecule has 0 aromatic heterocycles. The molecule has 6 nitrogen and oxygen atoms in total. The summed E-state index contributed by atoms with van der Waals surface area (Å²) in [5.74, 6) is 0. The molecule has 1 radical (unpaired) electrons. The highest BCUT2D eigenvalue weighted by atomic mass is 28.4. The Balaban J connectivity index is 4.84. The predicted octanol–water partition coefficient (Wildman–Crippen LogP) is 2.12. The lowest BCUT2D eigenvalue weighted by atomic mass is 10.5. The largest absolute Gasteiger partial charge is 0.632 e. The van der Waals surface area contributed by atoms with Crippen molar-refractivity contribution in [3.8, 4) is 0 Å². The number of hydrogen-bond donors (Lipinski definition) is 1. The second kappa shape index (κ2) is 9.51. The van der Waals surface area contributed by atoms with Crippen LogP contribution < -0.4 is 0 Å². The molecule has 0 atom stereocenters. The second-order valence-electron chi connectivity index (χ2n) is 5.63. The van der Waals surface area contributed by atoms with Crippen LogP contribution >= 0.6 is 0 Å². The molecule has 0 amide bonds. The van der Waals surface area contributed by atoms with Gasteiger partial charge in [0.25, 0.3) is 0 Å². The van der Waals surface area contributed by atoms with Crippen molar-refractivity contribution in [2.75, 3.05) is 0 Å². The van der Waals surface area contributed by atoms with Crippen LogP contribution in [-0.2, 0) is 19.9 Å². The maximum Gasteiger partial charge on any atom is 0.618 e. The summed E-state index contributed by atoms with van der Waals surface area (Å²) < 4.78 is 27.8. The standard InChI is InChI=1S/C6H15O4Si.2C3H7O.Al/c1-5(2)9-11(7,8)10-6(3)4;2*1-3(2)4;/h5-7H,1-4H3;2*3H,1-2H3;/q3*-1;+2. The van der Waals surface area contributed by atoms with Crippen molar-refractivity contribution in [2.45, 2.75) is 79.8 Å². The van der Waals surface area contributed by atoms with Gasteiger partial charge in [-0.1, -0.05) is 0 Å². The fourth-order valence-corrected chi connectivity index (χ4v) is 5.39. The zero-order valence-corrected chi connectivity index (χ0v) is 16.0. The van der Waals surface area contributed by atoms with Crippen LogP contribution in [0.2, 0.25) is 0 Å². The molecule has 0 aromatic carbocycles. The summed E-state index contributed by atoms with van der Waals surface area (Å²) in [6.07, 6.45) is -0.528. The van der Waals surface area contributed by atoms with Crippen molar-refractivity contribution < 1.29 is 24.7 Å². The lowest BCUT2D eigenvalue weighted by molar-refractivity contribution is -0.0327. The fourth-order valence-electron chi connectivity index (χ4n) is 1.33. The van der Waals surface area contributed by atoms with Crippen molar-refractivity contribution in [3.05, 3.63) is 0 Å². The summed E-state index contributed by atoms with van der Waals surface area (Å²) in [4.78, 5) is 10.5. The predicted molar refractivity (Wildman–Crippen MR) is 79.7 cm³/mol. The van der Waals surface area contributed by atoms with Crippen LogP contribution in [0.4, 0.5) is 0 Å². The fraction of sp³-hybridized carbons (Fsp3) is 1.00. The molecule has 0 aromatic rings. The maximum atomic E-state index is 10.5. The topological polar surface area (TPSA) is 66.4 Å². The average Bonchev–Trinajstić information content (AvgIpc) is 2.09. The summed E-state index contributed by atoms with van der Waals surface area (Å²) in [6, 6.07) is 0. The molecule has 0 aliphatic rings. The van der Waals surface area contributed by atoms with Crippen molar-refractivity contribution in [3.63, 3.8) is 0 Å². The van der Waals surface area contributed by atoms with Crippen molar-refractivity contribution in [1.82, 2.24) is 0 Å². The van der Waals surface area contributed by atoms with Gasteiger partial charge in [-0.25, -0.2) is 0 Å². The van der Waals surface area contributed by atoms with Gasteiger partial charge in [-0.2, -0.15) is 0 Å². The van der Waals surface area contributed by atoms with E-state index in [1.54, 1.807) is 0 Å². The first-order valence-corrected chi connectivity index (χ1v) is 10.2. The average molecular weight is 324 g/mol. The minimum atomic E-state index is -3.76. The molecule has 0 unspecified atom stereocenters. The third-order valence-electron chi connectivity index (χ3n) is 1.78. The van der Waals surface area contributed by atoms with Gasteiger partial charge in [0.15, 0.2) is 0 Å². The lowest BCUT2D eigenvalue weighted by Gasteiger charge is -2.39. The molecule has 0 heterocycles. The highest BCUT2D eigenvalue weighted by Gasteiger charge is 2.42. The van der Waals surface area contributed by atoms with E-state index in [-0.39, 0.29) is 24.4 Å². The van der Waals surface area contributed by atoms with Crippen molar-refractivity contribution in [2.24, 2.45) is 0 Å². The zero-order valence-electron chi connectivity index (χ0n) is 13.9. The van der Waals surface area contributed by atoms with Crippen LogP contribution in [0.5, 0.6) is 0 Å². The molecule has 121 valence electrons. The summed E-state index contributed by atoms with van der Waals surface area (Å²) in [5, 5.41) is 0. The molecule has 0 saturated heterocycles. The highest BCUT2D eigenvalue weighted by molar-refractivity contribution is 6.61. The van der Waals surface area contributed by atoms with E-state index in [9.17, 15) is 4.80 Å².